The van der Waals surface area contributed by atoms with E-state index in [1.807, 2.05) is 36.5 Å². The van der Waals surface area contributed by atoms with Gasteiger partial charge in [-0.05, 0) is 53.4 Å². The van der Waals surface area contributed by atoms with Gasteiger partial charge in [0.05, 0.1) is 17.0 Å². The summed E-state index contributed by atoms with van der Waals surface area (Å²) >= 11 is 6.09. The van der Waals surface area contributed by atoms with Gasteiger partial charge in [-0.1, -0.05) is 41.9 Å². The summed E-state index contributed by atoms with van der Waals surface area (Å²) in [4.78, 5) is 14.1. The number of fused-ring (bicyclic) bond motifs is 1. The smallest absolute Gasteiger partial charge is 0.420 e. The van der Waals surface area contributed by atoms with Crippen LogP contribution < -0.4 is 4.74 Å². The van der Waals surface area contributed by atoms with Gasteiger partial charge in [-0.25, -0.2) is 0 Å². The summed E-state index contributed by atoms with van der Waals surface area (Å²) in [5, 5.41) is 9.42. The molecule has 4 nitrogen and oxygen atoms in total. The second kappa shape index (κ2) is 8.59. The molecule has 0 atom stereocenters. The quantitative estimate of drug-likeness (QED) is 0.331. The monoisotopic (exact) mass is 459 g/mol. The first-order valence-corrected chi connectivity index (χ1v) is 10.0. The molecule has 0 aliphatic carbocycles. The molecule has 0 aliphatic rings. The molecule has 0 bridgehead atoms. The maximum atomic E-state index is 13.7. The van der Waals surface area contributed by atoms with Crippen LogP contribution in [0.25, 0.3) is 10.9 Å². The zero-order valence-electron chi connectivity index (χ0n) is 16.5. The molecule has 0 saturated carbocycles. The first-order chi connectivity index (χ1) is 15.2. The average Bonchev–Trinajstić information content (AvgIpc) is 3.11. The topological polar surface area (TPSA) is 62.3 Å². The molecule has 4 aromatic rings. The number of ether oxygens (including phenoxy) is 1. The summed E-state index contributed by atoms with van der Waals surface area (Å²) in [5.41, 5.74) is 1.70. The Bertz CT molecular complexity index is 1280. The molecule has 0 aliphatic heterocycles. The molecule has 1 heterocycles. The summed E-state index contributed by atoms with van der Waals surface area (Å²) in [5.74, 6) is -1.63. The largest absolute Gasteiger partial charge is 0.481 e. The standard InChI is InChI=1S/C24H17ClF3NO3/c25-20-10-15(11-22(30)31)9-19(24(26,27)28)23(20)32-17-6-7-21-18(12-17)16(13-29-21)8-14-4-2-1-3-5-14/h1-7,9-10,12-13,29H,8,11H2,(H,30,31). The van der Waals surface area contributed by atoms with Crippen molar-refractivity contribution < 1.29 is 27.8 Å². The van der Waals surface area contributed by atoms with Crippen LogP contribution >= 0.6 is 11.6 Å². The molecule has 8 heteroatoms. The number of aromatic amines is 1. The van der Waals surface area contributed by atoms with Crippen LogP contribution in [0.4, 0.5) is 13.2 Å². The van der Waals surface area contributed by atoms with Crippen LogP contribution in [0, 0.1) is 0 Å². The van der Waals surface area contributed by atoms with Gasteiger partial charge in [-0.2, -0.15) is 13.2 Å². The predicted octanol–water partition coefficient (Wildman–Crippen LogP) is 6.85. The highest BCUT2D eigenvalue weighted by Crippen LogP contribution is 2.43. The molecule has 0 amide bonds. The van der Waals surface area contributed by atoms with Crippen molar-refractivity contribution in [3.63, 3.8) is 0 Å². The van der Waals surface area contributed by atoms with Gasteiger partial charge >= 0.3 is 12.1 Å². The van der Waals surface area contributed by atoms with Gasteiger partial charge in [0.15, 0.2) is 5.75 Å². The molecule has 0 saturated heterocycles. The summed E-state index contributed by atoms with van der Waals surface area (Å²) in [7, 11) is 0. The van der Waals surface area contributed by atoms with Crippen LogP contribution in [-0.2, 0) is 23.8 Å². The number of rotatable bonds is 6. The number of benzene rings is 3. The number of hydrogen-bond donors (Lipinski definition) is 2. The van der Waals surface area contributed by atoms with Crippen molar-refractivity contribution in [1.29, 1.82) is 0 Å². The van der Waals surface area contributed by atoms with Crippen molar-refractivity contribution in [2.45, 2.75) is 19.0 Å². The Morgan fingerprint density at radius 2 is 1.78 bits per heavy atom. The average molecular weight is 460 g/mol. The fourth-order valence-corrected chi connectivity index (χ4v) is 3.82. The van der Waals surface area contributed by atoms with Crippen LogP contribution in [0.15, 0.2) is 66.9 Å². The number of halogens is 4. The third-order valence-corrected chi connectivity index (χ3v) is 5.24. The summed E-state index contributed by atoms with van der Waals surface area (Å²) in [6.07, 6.45) is -2.86. The number of carboxylic acids is 1. The van der Waals surface area contributed by atoms with Gasteiger partial charge in [0, 0.05) is 17.1 Å². The van der Waals surface area contributed by atoms with E-state index in [1.165, 1.54) is 6.07 Å². The molecule has 0 unspecified atom stereocenters. The normalized spacial score (nSPS) is 11.6. The maximum Gasteiger partial charge on any atom is 0.420 e. The van der Waals surface area contributed by atoms with E-state index in [2.05, 4.69) is 4.98 Å². The van der Waals surface area contributed by atoms with E-state index in [4.69, 9.17) is 21.4 Å². The Hall–Kier alpha value is -3.45. The van der Waals surface area contributed by atoms with E-state index in [-0.39, 0.29) is 16.3 Å². The summed E-state index contributed by atoms with van der Waals surface area (Å²) in [6.45, 7) is 0. The highest BCUT2D eigenvalue weighted by molar-refractivity contribution is 6.32. The zero-order valence-corrected chi connectivity index (χ0v) is 17.3. The lowest BCUT2D eigenvalue weighted by atomic mass is 10.0. The third kappa shape index (κ3) is 4.73. The van der Waals surface area contributed by atoms with Crippen molar-refractivity contribution >= 4 is 28.5 Å². The number of H-pyrrole nitrogens is 1. The Morgan fingerprint density at radius 3 is 2.47 bits per heavy atom. The van der Waals surface area contributed by atoms with Gasteiger partial charge in [-0.15, -0.1) is 0 Å². The van der Waals surface area contributed by atoms with Crippen molar-refractivity contribution in [1.82, 2.24) is 4.98 Å². The molecule has 0 radical (unpaired) electrons. The van der Waals surface area contributed by atoms with Crippen molar-refractivity contribution in [3.05, 3.63) is 94.1 Å². The predicted molar refractivity (Wildman–Crippen MR) is 115 cm³/mol. The van der Waals surface area contributed by atoms with Crippen LogP contribution in [0.3, 0.4) is 0 Å². The van der Waals surface area contributed by atoms with E-state index in [0.717, 1.165) is 28.1 Å². The Morgan fingerprint density at radius 1 is 1.03 bits per heavy atom. The Labute approximate surface area is 186 Å². The zero-order chi connectivity index (χ0) is 22.9. The minimum Gasteiger partial charge on any atom is -0.481 e. The summed E-state index contributed by atoms with van der Waals surface area (Å²) < 4.78 is 46.6. The Kier molecular flexibility index (Phi) is 5.84. The van der Waals surface area contributed by atoms with Gasteiger partial charge in [-0.3, -0.25) is 4.79 Å². The minimum atomic E-state index is -4.77. The van der Waals surface area contributed by atoms with Crippen molar-refractivity contribution in [2.24, 2.45) is 0 Å². The highest BCUT2D eigenvalue weighted by Gasteiger charge is 2.36. The molecule has 4 rings (SSSR count). The highest BCUT2D eigenvalue weighted by atomic mass is 35.5. The van der Waals surface area contributed by atoms with E-state index < -0.39 is 29.9 Å². The lowest BCUT2D eigenvalue weighted by molar-refractivity contribution is -0.139. The number of alkyl halides is 3. The number of aliphatic carboxylic acids is 1. The maximum absolute atomic E-state index is 13.7. The van der Waals surface area contributed by atoms with Gasteiger partial charge in [0.25, 0.3) is 0 Å². The minimum absolute atomic E-state index is 0.0617. The van der Waals surface area contributed by atoms with Crippen molar-refractivity contribution in [2.75, 3.05) is 0 Å². The lowest BCUT2D eigenvalue weighted by Crippen LogP contribution is -2.10. The van der Waals surface area contributed by atoms with Crippen LogP contribution in [0.5, 0.6) is 11.5 Å². The molecule has 3 aromatic carbocycles. The second-order valence-electron chi connectivity index (χ2n) is 7.31. The lowest BCUT2D eigenvalue weighted by Gasteiger charge is -2.17. The van der Waals surface area contributed by atoms with Crippen molar-refractivity contribution in [3.8, 4) is 11.5 Å². The molecule has 0 fully saturated rings. The van der Waals surface area contributed by atoms with E-state index >= 15 is 0 Å². The van der Waals surface area contributed by atoms with Gasteiger partial charge in [0.1, 0.15) is 5.75 Å². The van der Waals surface area contributed by atoms with E-state index in [9.17, 15) is 18.0 Å². The number of carbonyl (C=O) groups is 1. The fraction of sp³-hybridized carbons (Fsp3) is 0.125. The molecule has 32 heavy (non-hydrogen) atoms. The number of aromatic nitrogens is 1. The third-order valence-electron chi connectivity index (χ3n) is 4.96. The second-order valence-corrected chi connectivity index (χ2v) is 7.72. The van der Waals surface area contributed by atoms with Crippen LogP contribution in [0.1, 0.15) is 22.3 Å². The molecule has 164 valence electrons. The van der Waals surface area contributed by atoms with Crippen LogP contribution in [-0.4, -0.2) is 16.1 Å². The molecule has 0 spiro atoms. The van der Waals surface area contributed by atoms with E-state index in [1.54, 1.807) is 18.2 Å². The van der Waals surface area contributed by atoms with Gasteiger partial charge in [0.2, 0.25) is 0 Å². The first kappa shape index (κ1) is 21.8. The molecule has 1 aromatic heterocycles. The number of nitrogens with one attached hydrogen (secondary N) is 1. The SMILES string of the molecule is O=C(O)Cc1cc(Cl)c(Oc2ccc3[nH]cc(Cc4ccccc4)c3c2)c(C(F)(F)F)c1. The summed E-state index contributed by atoms with van der Waals surface area (Å²) in [6, 6.07) is 16.6. The molecular formula is C24H17ClF3NO3. The number of carboxylic acid groups (broad SMARTS) is 1. The van der Waals surface area contributed by atoms with Crippen LogP contribution in [0.2, 0.25) is 5.02 Å². The molecule has 2 N–H and O–H groups in total. The Balaban J connectivity index is 1.71. The van der Waals surface area contributed by atoms with E-state index in [0.29, 0.717) is 6.42 Å². The molecular weight excluding hydrogens is 443 g/mol. The first-order valence-electron chi connectivity index (χ1n) is 9.64. The van der Waals surface area contributed by atoms with Gasteiger partial charge < -0.3 is 14.8 Å². The number of hydrogen-bond acceptors (Lipinski definition) is 2. The fourth-order valence-electron chi connectivity index (χ4n) is 3.54.